The fourth-order valence-corrected chi connectivity index (χ4v) is 10.4. The number of fused-ring (bicyclic) bond motifs is 4. The van der Waals surface area contributed by atoms with Gasteiger partial charge in [-0.2, -0.15) is 0 Å². The van der Waals surface area contributed by atoms with Crippen LogP contribution in [0.2, 0.25) is 0 Å². The summed E-state index contributed by atoms with van der Waals surface area (Å²) in [5.74, 6) is 1.70. The quantitative estimate of drug-likeness (QED) is 0.152. The Bertz CT molecular complexity index is 3210. The molecule has 0 amide bonds. The van der Waals surface area contributed by atoms with Crippen molar-refractivity contribution in [3.8, 4) is 44.9 Å². The summed E-state index contributed by atoms with van der Waals surface area (Å²) in [4.78, 5) is 4.76. The van der Waals surface area contributed by atoms with Crippen LogP contribution in [0.1, 0.15) is 37.8 Å². The second-order valence-corrected chi connectivity index (χ2v) is 17.6. The monoisotopic (exact) mass is 822 g/mol. The van der Waals surface area contributed by atoms with E-state index in [1.165, 1.54) is 39.0 Å². The van der Waals surface area contributed by atoms with E-state index in [2.05, 4.69) is 242 Å². The van der Waals surface area contributed by atoms with E-state index in [0.29, 0.717) is 0 Å². The second-order valence-electron chi connectivity index (χ2n) is 17.6. The Labute approximate surface area is 375 Å². The largest absolute Gasteiger partial charge is 0.454 e. The lowest BCUT2D eigenvalue weighted by molar-refractivity contribution is 0.488. The maximum Gasteiger partial charge on any atom is 0.159 e. The van der Waals surface area contributed by atoms with Gasteiger partial charge in [0.2, 0.25) is 0 Å². The number of hydrogen-bond acceptors (Lipinski definition) is 3. The molecule has 0 atom stereocenters. The number of benzene rings is 9. The number of nitrogens with zero attached hydrogens (tertiary/aromatic N) is 2. The number of anilines is 6. The van der Waals surface area contributed by atoms with Crippen LogP contribution in [0.25, 0.3) is 49.7 Å². The summed E-state index contributed by atoms with van der Waals surface area (Å²) in [5.41, 5.74) is 19.1. The van der Waals surface area contributed by atoms with Gasteiger partial charge in [-0.3, -0.25) is 0 Å². The molecule has 0 aromatic heterocycles. The molecular weight excluding hydrogens is 777 g/mol. The molecule has 0 spiro atoms. The van der Waals surface area contributed by atoms with Gasteiger partial charge in [0, 0.05) is 44.5 Å². The van der Waals surface area contributed by atoms with E-state index in [9.17, 15) is 0 Å². The molecular formula is C61H46N2O. The van der Waals surface area contributed by atoms with Crippen LogP contribution in [0.15, 0.2) is 224 Å². The molecule has 0 saturated heterocycles. The standard InChI is InChI=1S/C61H46N2O/c1-61(2)54-26-13-12-22-49(54)50-37-36-48(40-55(50)61)63(45-20-10-5-11-21-45)57-27-15-24-52-51-23-14-25-53-56(38-39-58(59(51)53)64-60(52)57)62(46-32-28-43(29-33-46)41-16-6-3-7-17-41)47-34-30-44(31-35-47)42-18-8-4-9-19-42/h3-12,14-25,27-40H,13,26H2,1-2H3. The molecule has 2 aliphatic carbocycles. The van der Waals surface area contributed by atoms with Crippen molar-refractivity contribution in [2.45, 2.75) is 32.1 Å². The molecule has 0 bridgehead atoms. The van der Waals surface area contributed by atoms with Crippen molar-refractivity contribution in [1.29, 1.82) is 0 Å². The molecule has 1 heterocycles. The molecule has 1 aliphatic heterocycles. The first-order chi connectivity index (χ1) is 31.5. The van der Waals surface area contributed by atoms with E-state index in [1.807, 2.05) is 0 Å². The van der Waals surface area contributed by atoms with Gasteiger partial charge in [-0.1, -0.05) is 171 Å². The highest BCUT2D eigenvalue weighted by Crippen LogP contribution is 2.56. The van der Waals surface area contributed by atoms with Crippen LogP contribution >= 0.6 is 0 Å². The Morgan fingerprint density at radius 2 is 1.02 bits per heavy atom. The SMILES string of the molecule is CC1(C)C2=C(C=CCC2)c2ccc(N(c3ccccc3)c3cccc4c3Oc3ccc(N(c5ccc(-c6ccccc6)cc5)c5ccc(-c6ccccc6)cc5)c5cccc-4c35)cc21. The van der Waals surface area contributed by atoms with E-state index in [4.69, 9.17) is 4.74 Å². The molecule has 9 aromatic rings. The van der Waals surface area contributed by atoms with E-state index in [0.717, 1.165) is 80.4 Å². The van der Waals surface area contributed by atoms with Crippen molar-refractivity contribution >= 4 is 50.5 Å². The molecule has 64 heavy (non-hydrogen) atoms. The topological polar surface area (TPSA) is 15.7 Å². The number of rotatable bonds is 8. The average Bonchev–Trinajstić information content (AvgIpc) is 3.59. The normalized spacial score (nSPS) is 14.1. The van der Waals surface area contributed by atoms with E-state index in [-0.39, 0.29) is 5.41 Å². The summed E-state index contributed by atoms with van der Waals surface area (Å²) >= 11 is 0. The van der Waals surface area contributed by atoms with E-state index in [1.54, 1.807) is 5.57 Å². The molecule has 3 nitrogen and oxygen atoms in total. The van der Waals surface area contributed by atoms with Gasteiger partial charge in [-0.05, 0) is 124 Å². The van der Waals surface area contributed by atoms with Crippen LogP contribution < -0.4 is 14.5 Å². The fourth-order valence-electron chi connectivity index (χ4n) is 10.4. The molecule has 306 valence electrons. The van der Waals surface area contributed by atoms with Crippen molar-refractivity contribution in [1.82, 2.24) is 0 Å². The molecule has 0 radical (unpaired) electrons. The predicted octanol–water partition coefficient (Wildman–Crippen LogP) is 17.3. The zero-order valence-electron chi connectivity index (χ0n) is 36.0. The Balaban J connectivity index is 0.993. The van der Waals surface area contributed by atoms with Gasteiger partial charge in [0.25, 0.3) is 0 Å². The van der Waals surface area contributed by atoms with Gasteiger partial charge >= 0.3 is 0 Å². The van der Waals surface area contributed by atoms with Crippen LogP contribution in [0.4, 0.5) is 34.1 Å². The Morgan fingerprint density at radius 1 is 0.453 bits per heavy atom. The average molecular weight is 823 g/mol. The number of ether oxygens (including phenoxy) is 1. The third-order valence-electron chi connectivity index (χ3n) is 13.6. The minimum Gasteiger partial charge on any atom is -0.454 e. The number of hydrogen-bond donors (Lipinski definition) is 0. The first kappa shape index (κ1) is 37.8. The highest BCUT2D eigenvalue weighted by atomic mass is 16.5. The van der Waals surface area contributed by atoms with Crippen molar-refractivity contribution in [3.63, 3.8) is 0 Å². The van der Waals surface area contributed by atoms with Crippen molar-refractivity contribution in [2.24, 2.45) is 0 Å². The van der Waals surface area contributed by atoms with Crippen LogP contribution in [0.5, 0.6) is 11.5 Å². The summed E-state index contributed by atoms with van der Waals surface area (Å²) in [6, 6.07) is 74.5. The Kier molecular flexibility index (Phi) is 8.98. The maximum absolute atomic E-state index is 7.21. The zero-order valence-corrected chi connectivity index (χ0v) is 36.0. The van der Waals surface area contributed by atoms with Gasteiger partial charge in [-0.15, -0.1) is 0 Å². The Morgan fingerprint density at radius 3 is 1.69 bits per heavy atom. The lowest BCUT2D eigenvalue weighted by atomic mass is 9.78. The molecule has 0 fully saturated rings. The van der Waals surface area contributed by atoms with Crippen molar-refractivity contribution in [3.05, 3.63) is 235 Å². The lowest BCUT2D eigenvalue weighted by Crippen LogP contribution is -2.19. The minimum atomic E-state index is -0.0472. The van der Waals surface area contributed by atoms with E-state index < -0.39 is 0 Å². The summed E-state index contributed by atoms with van der Waals surface area (Å²) in [6.45, 7) is 4.79. The van der Waals surface area contributed by atoms with Gasteiger partial charge in [0.05, 0.1) is 11.4 Å². The first-order valence-corrected chi connectivity index (χ1v) is 22.4. The molecule has 3 heteroatoms. The van der Waals surface area contributed by atoms with Crippen LogP contribution in [0.3, 0.4) is 0 Å². The summed E-state index contributed by atoms with van der Waals surface area (Å²) in [5, 5.41) is 2.23. The fraction of sp³-hybridized carbons (Fsp3) is 0.0820. The molecule has 0 unspecified atom stereocenters. The molecule has 0 N–H and O–H groups in total. The van der Waals surface area contributed by atoms with Gasteiger partial charge in [-0.25, -0.2) is 0 Å². The second kappa shape index (κ2) is 15.2. The maximum atomic E-state index is 7.21. The van der Waals surface area contributed by atoms with Crippen molar-refractivity contribution in [2.75, 3.05) is 9.80 Å². The highest BCUT2D eigenvalue weighted by molar-refractivity contribution is 6.11. The third-order valence-corrected chi connectivity index (χ3v) is 13.6. The zero-order chi connectivity index (χ0) is 42.8. The highest BCUT2D eigenvalue weighted by Gasteiger charge is 2.38. The smallest absolute Gasteiger partial charge is 0.159 e. The summed E-state index contributed by atoms with van der Waals surface area (Å²) in [6.07, 6.45) is 6.88. The van der Waals surface area contributed by atoms with Gasteiger partial charge in [0.15, 0.2) is 5.75 Å². The van der Waals surface area contributed by atoms with Gasteiger partial charge in [0.1, 0.15) is 5.75 Å². The van der Waals surface area contributed by atoms with Gasteiger partial charge < -0.3 is 14.5 Å². The Hall–Kier alpha value is -7.88. The van der Waals surface area contributed by atoms with Crippen LogP contribution in [-0.2, 0) is 5.41 Å². The van der Waals surface area contributed by atoms with Crippen LogP contribution in [0, 0.1) is 0 Å². The van der Waals surface area contributed by atoms with Crippen molar-refractivity contribution < 1.29 is 4.74 Å². The number of para-hydroxylation sites is 2. The number of allylic oxidation sites excluding steroid dienone is 4. The molecule has 12 rings (SSSR count). The minimum absolute atomic E-state index is 0.0472. The molecule has 0 saturated carbocycles. The lowest BCUT2D eigenvalue weighted by Gasteiger charge is -2.33. The van der Waals surface area contributed by atoms with E-state index >= 15 is 0 Å². The summed E-state index contributed by atoms with van der Waals surface area (Å²) < 4.78 is 7.21. The third kappa shape index (κ3) is 6.19. The van der Waals surface area contributed by atoms with Crippen LogP contribution in [-0.4, -0.2) is 0 Å². The first-order valence-electron chi connectivity index (χ1n) is 22.4. The molecule has 3 aliphatic rings. The summed E-state index contributed by atoms with van der Waals surface area (Å²) in [7, 11) is 0. The predicted molar refractivity (Wildman–Crippen MR) is 268 cm³/mol. The molecule has 9 aromatic carbocycles.